The van der Waals surface area contributed by atoms with Crippen molar-refractivity contribution in [3.8, 4) is 22.8 Å². The maximum absolute atomic E-state index is 13.6. The molecule has 2 N–H and O–H groups in total. The molecule has 0 amide bonds. The van der Waals surface area contributed by atoms with Gasteiger partial charge in [0.2, 0.25) is 0 Å². The summed E-state index contributed by atoms with van der Waals surface area (Å²) in [6.07, 6.45) is 3.94. The van der Waals surface area contributed by atoms with Gasteiger partial charge in [-0.2, -0.15) is 5.10 Å². The molecular formula is C23H24FN5O2. The van der Waals surface area contributed by atoms with Crippen LogP contribution in [-0.2, 0) is 6.54 Å². The number of ether oxygens (including phenoxy) is 2. The SMILES string of the molecule is COc1ccc(-c2[nH]ncc2CN2CCCC2c2nc3ccc(F)cc3[nH]2)c(OC)c1. The quantitative estimate of drug-likeness (QED) is 0.481. The number of H-pyrrole nitrogens is 2. The van der Waals surface area contributed by atoms with E-state index in [0.717, 1.165) is 71.1 Å². The Morgan fingerprint density at radius 1 is 1.16 bits per heavy atom. The number of halogens is 1. The molecule has 2 aromatic heterocycles. The number of benzene rings is 2. The highest BCUT2D eigenvalue weighted by Gasteiger charge is 2.29. The molecule has 5 rings (SSSR count). The van der Waals surface area contributed by atoms with Crippen LogP contribution < -0.4 is 9.47 Å². The molecule has 160 valence electrons. The van der Waals surface area contributed by atoms with E-state index in [-0.39, 0.29) is 11.9 Å². The molecule has 4 aromatic rings. The Bertz CT molecular complexity index is 1220. The number of hydrogen-bond acceptors (Lipinski definition) is 5. The molecule has 0 bridgehead atoms. The fourth-order valence-corrected chi connectivity index (χ4v) is 4.37. The monoisotopic (exact) mass is 421 g/mol. The van der Waals surface area contributed by atoms with Crippen molar-refractivity contribution in [2.45, 2.75) is 25.4 Å². The van der Waals surface area contributed by atoms with Gasteiger partial charge < -0.3 is 14.5 Å². The highest BCUT2D eigenvalue weighted by atomic mass is 19.1. The predicted octanol–water partition coefficient (Wildman–Crippen LogP) is 4.45. The minimum atomic E-state index is -0.262. The zero-order valence-electron chi connectivity index (χ0n) is 17.5. The Labute approximate surface area is 179 Å². The number of hydrogen-bond donors (Lipinski definition) is 2. The third-order valence-corrected chi connectivity index (χ3v) is 5.91. The highest BCUT2D eigenvalue weighted by Crippen LogP contribution is 2.37. The molecule has 0 radical (unpaired) electrons. The second kappa shape index (κ2) is 8.03. The molecule has 1 atom stereocenters. The van der Waals surface area contributed by atoms with E-state index >= 15 is 0 Å². The van der Waals surface area contributed by atoms with Crippen LogP contribution in [-0.4, -0.2) is 45.8 Å². The van der Waals surface area contributed by atoms with Gasteiger partial charge in [0.1, 0.15) is 23.1 Å². The number of methoxy groups -OCH3 is 2. The van der Waals surface area contributed by atoms with Crippen molar-refractivity contribution in [1.29, 1.82) is 0 Å². The first-order valence-electron chi connectivity index (χ1n) is 10.3. The van der Waals surface area contributed by atoms with Crippen molar-refractivity contribution in [1.82, 2.24) is 25.1 Å². The minimum Gasteiger partial charge on any atom is -0.497 e. The van der Waals surface area contributed by atoms with Crippen LogP contribution in [0.25, 0.3) is 22.3 Å². The van der Waals surface area contributed by atoms with Crippen LogP contribution in [0.5, 0.6) is 11.5 Å². The van der Waals surface area contributed by atoms with E-state index in [1.807, 2.05) is 24.4 Å². The Balaban J connectivity index is 1.43. The molecular weight excluding hydrogens is 397 g/mol. The molecule has 7 nitrogen and oxygen atoms in total. The Morgan fingerprint density at radius 2 is 2.06 bits per heavy atom. The van der Waals surface area contributed by atoms with E-state index < -0.39 is 0 Å². The van der Waals surface area contributed by atoms with Crippen molar-refractivity contribution >= 4 is 11.0 Å². The first-order valence-corrected chi connectivity index (χ1v) is 10.3. The summed E-state index contributed by atoms with van der Waals surface area (Å²) in [6, 6.07) is 10.6. The molecule has 2 aromatic carbocycles. The van der Waals surface area contributed by atoms with Gasteiger partial charge in [-0.1, -0.05) is 0 Å². The van der Waals surface area contributed by atoms with Crippen LogP contribution in [0, 0.1) is 5.82 Å². The lowest BCUT2D eigenvalue weighted by Crippen LogP contribution is -2.23. The number of nitrogens with zero attached hydrogens (tertiary/aromatic N) is 3. The predicted molar refractivity (Wildman–Crippen MR) is 116 cm³/mol. The molecule has 1 saturated heterocycles. The lowest BCUT2D eigenvalue weighted by molar-refractivity contribution is 0.241. The molecule has 31 heavy (non-hydrogen) atoms. The van der Waals surface area contributed by atoms with Crippen molar-refractivity contribution in [2.24, 2.45) is 0 Å². The van der Waals surface area contributed by atoms with Gasteiger partial charge in [-0.15, -0.1) is 0 Å². The summed E-state index contributed by atoms with van der Waals surface area (Å²) < 4.78 is 24.5. The molecule has 0 spiro atoms. The van der Waals surface area contributed by atoms with E-state index in [4.69, 9.17) is 14.5 Å². The Morgan fingerprint density at radius 3 is 2.90 bits per heavy atom. The van der Waals surface area contributed by atoms with Gasteiger partial charge in [0.15, 0.2) is 0 Å². The standard InChI is InChI=1S/C23H24FN5O2/c1-30-16-6-7-17(21(11-16)31-2)22-14(12-25-28-22)13-29-9-3-4-20(29)23-26-18-8-5-15(24)10-19(18)27-23/h5-8,10-12,20H,3-4,9,13H2,1-2H3,(H,25,28)(H,26,27). The van der Waals surface area contributed by atoms with E-state index in [2.05, 4.69) is 20.1 Å². The first kappa shape index (κ1) is 19.6. The zero-order valence-corrected chi connectivity index (χ0v) is 17.5. The molecule has 1 aliphatic heterocycles. The van der Waals surface area contributed by atoms with E-state index in [1.54, 1.807) is 20.3 Å². The Hall–Kier alpha value is -3.39. The van der Waals surface area contributed by atoms with E-state index in [0.29, 0.717) is 0 Å². The van der Waals surface area contributed by atoms with Crippen LogP contribution in [0.15, 0.2) is 42.6 Å². The summed E-state index contributed by atoms with van der Waals surface area (Å²) >= 11 is 0. The third-order valence-electron chi connectivity index (χ3n) is 5.91. The van der Waals surface area contributed by atoms with Crippen LogP contribution in [0.4, 0.5) is 4.39 Å². The smallest absolute Gasteiger partial charge is 0.131 e. The fourth-order valence-electron chi connectivity index (χ4n) is 4.37. The molecule has 3 heterocycles. The summed E-state index contributed by atoms with van der Waals surface area (Å²) in [5, 5.41) is 7.43. The van der Waals surface area contributed by atoms with Crippen LogP contribution >= 0.6 is 0 Å². The van der Waals surface area contributed by atoms with Gasteiger partial charge in [0.25, 0.3) is 0 Å². The molecule has 1 unspecified atom stereocenters. The highest BCUT2D eigenvalue weighted by molar-refractivity contribution is 5.75. The zero-order chi connectivity index (χ0) is 21.4. The maximum atomic E-state index is 13.6. The van der Waals surface area contributed by atoms with E-state index in [1.165, 1.54) is 12.1 Å². The number of rotatable bonds is 6. The van der Waals surface area contributed by atoms with Crippen LogP contribution in [0.3, 0.4) is 0 Å². The van der Waals surface area contributed by atoms with Crippen molar-refractivity contribution in [3.63, 3.8) is 0 Å². The van der Waals surface area contributed by atoms with Crippen LogP contribution in [0.1, 0.15) is 30.3 Å². The summed E-state index contributed by atoms with van der Waals surface area (Å²) in [6.45, 7) is 1.68. The summed E-state index contributed by atoms with van der Waals surface area (Å²) in [7, 11) is 3.28. The molecule has 8 heteroatoms. The average Bonchev–Trinajstić information content (AvgIpc) is 3.52. The maximum Gasteiger partial charge on any atom is 0.131 e. The summed E-state index contributed by atoms with van der Waals surface area (Å²) in [5.74, 6) is 2.08. The second-order valence-electron chi connectivity index (χ2n) is 7.75. The largest absolute Gasteiger partial charge is 0.497 e. The third kappa shape index (κ3) is 3.63. The summed E-state index contributed by atoms with van der Waals surface area (Å²) in [4.78, 5) is 10.4. The number of aromatic nitrogens is 4. The minimum absolute atomic E-state index is 0.149. The Kier molecular flexibility index (Phi) is 5.07. The lowest BCUT2D eigenvalue weighted by Gasteiger charge is -2.23. The molecule has 1 fully saturated rings. The van der Waals surface area contributed by atoms with Gasteiger partial charge >= 0.3 is 0 Å². The molecule has 0 saturated carbocycles. The van der Waals surface area contributed by atoms with Gasteiger partial charge in [-0.25, -0.2) is 9.37 Å². The second-order valence-corrected chi connectivity index (χ2v) is 7.75. The number of aromatic amines is 2. The van der Waals surface area contributed by atoms with E-state index in [9.17, 15) is 4.39 Å². The molecule has 0 aliphatic carbocycles. The van der Waals surface area contributed by atoms with Gasteiger partial charge in [0, 0.05) is 23.7 Å². The van der Waals surface area contributed by atoms with Gasteiger partial charge in [0.05, 0.1) is 43.2 Å². The number of likely N-dealkylation sites (tertiary alicyclic amines) is 1. The van der Waals surface area contributed by atoms with Crippen LogP contribution in [0.2, 0.25) is 0 Å². The topological polar surface area (TPSA) is 79.1 Å². The van der Waals surface area contributed by atoms with Crippen molar-refractivity contribution < 1.29 is 13.9 Å². The van der Waals surface area contributed by atoms with Gasteiger partial charge in [-0.3, -0.25) is 10.00 Å². The number of imidazole rings is 1. The average molecular weight is 421 g/mol. The fraction of sp³-hybridized carbons (Fsp3) is 0.304. The van der Waals surface area contributed by atoms with Gasteiger partial charge in [-0.05, 0) is 49.7 Å². The normalized spacial score (nSPS) is 16.8. The molecule has 1 aliphatic rings. The van der Waals surface area contributed by atoms with Crippen molar-refractivity contribution in [3.05, 3.63) is 59.8 Å². The summed E-state index contributed by atoms with van der Waals surface area (Å²) in [5.41, 5.74) is 4.46. The number of fused-ring (bicyclic) bond motifs is 1. The number of nitrogens with one attached hydrogen (secondary N) is 2. The van der Waals surface area contributed by atoms with Crippen molar-refractivity contribution in [2.75, 3.05) is 20.8 Å². The lowest BCUT2D eigenvalue weighted by atomic mass is 10.1. The first-order chi connectivity index (χ1) is 15.2.